The maximum atomic E-state index is 11.5. The Hall–Kier alpha value is -0.0800. The molecule has 2 atom stereocenters. The minimum absolute atomic E-state index is 0.00799. The molecule has 0 aromatic heterocycles. The van der Waals surface area contributed by atoms with Gasteiger partial charge in [-0.1, -0.05) is 34.1 Å². The lowest BCUT2D eigenvalue weighted by Gasteiger charge is -2.54. The number of hydrogen-bond acceptors (Lipinski definition) is 2. The second-order valence-corrected chi connectivity index (χ2v) is 8.70. The highest BCUT2D eigenvalue weighted by atomic mass is 16.3. The maximum Gasteiger partial charge on any atom is 0.0718 e. The van der Waals surface area contributed by atoms with Crippen LogP contribution in [0.5, 0.6) is 0 Å². The van der Waals surface area contributed by atoms with E-state index in [0.717, 1.165) is 37.5 Å². The largest absolute Gasteiger partial charge is 0.389 e. The van der Waals surface area contributed by atoms with Crippen LogP contribution in [0, 0.1) is 29.1 Å². The predicted octanol–water partition coefficient (Wildman–Crippen LogP) is 4.36. The molecular formula is C19H37NO. The monoisotopic (exact) mass is 295 g/mol. The highest BCUT2D eigenvalue weighted by Crippen LogP contribution is 2.54. The number of aliphatic hydroxyl groups is 1. The van der Waals surface area contributed by atoms with Gasteiger partial charge in [-0.15, -0.1) is 0 Å². The molecule has 0 radical (unpaired) electrons. The molecule has 3 N–H and O–H groups in total. The summed E-state index contributed by atoms with van der Waals surface area (Å²) in [5.74, 6) is 2.96. The molecule has 2 nitrogen and oxygen atoms in total. The van der Waals surface area contributed by atoms with Gasteiger partial charge in [0.15, 0.2) is 0 Å². The Morgan fingerprint density at radius 2 is 1.52 bits per heavy atom. The van der Waals surface area contributed by atoms with E-state index in [9.17, 15) is 5.11 Å². The van der Waals surface area contributed by atoms with Gasteiger partial charge in [-0.3, -0.25) is 0 Å². The topological polar surface area (TPSA) is 46.2 Å². The maximum absolute atomic E-state index is 11.5. The van der Waals surface area contributed by atoms with Crippen LogP contribution in [0.3, 0.4) is 0 Å². The van der Waals surface area contributed by atoms with Crippen molar-refractivity contribution in [3.8, 4) is 0 Å². The van der Waals surface area contributed by atoms with Crippen molar-refractivity contribution in [2.24, 2.45) is 34.8 Å². The Labute approximate surface area is 131 Å². The van der Waals surface area contributed by atoms with Gasteiger partial charge in [0, 0.05) is 12.0 Å². The average molecular weight is 296 g/mol. The Balaban J connectivity index is 2.12. The van der Waals surface area contributed by atoms with E-state index >= 15 is 0 Å². The number of hydrogen-bond donors (Lipinski definition) is 2. The third-order valence-corrected chi connectivity index (χ3v) is 7.02. The molecule has 0 spiro atoms. The summed E-state index contributed by atoms with van der Waals surface area (Å²) in [6, 6.07) is 0. The molecule has 0 aromatic rings. The van der Waals surface area contributed by atoms with E-state index in [-0.39, 0.29) is 5.41 Å². The molecule has 0 heterocycles. The fraction of sp³-hybridized carbons (Fsp3) is 1.00. The quantitative estimate of drug-likeness (QED) is 0.809. The van der Waals surface area contributed by atoms with Gasteiger partial charge in [-0.25, -0.2) is 0 Å². The third kappa shape index (κ3) is 3.32. The molecular weight excluding hydrogens is 258 g/mol. The molecule has 2 saturated carbocycles. The fourth-order valence-corrected chi connectivity index (χ4v) is 5.06. The van der Waals surface area contributed by atoms with Crippen LogP contribution >= 0.6 is 0 Å². The van der Waals surface area contributed by atoms with Crippen LogP contribution in [0.15, 0.2) is 0 Å². The minimum atomic E-state index is -0.503. The molecule has 2 rings (SSSR count). The third-order valence-electron chi connectivity index (χ3n) is 7.02. The van der Waals surface area contributed by atoms with Gasteiger partial charge in [-0.2, -0.15) is 0 Å². The number of nitrogens with two attached hydrogens (primary N) is 1. The molecule has 2 fully saturated rings. The Morgan fingerprint density at radius 1 is 0.952 bits per heavy atom. The first-order valence-corrected chi connectivity index (χ1v) is 9.26. The zero-order valence-electron chi connectivity index (χ0n) is 14.7. The van der Waals surface area contributed by atoms with E-state index in [4.69, 9.17) is 5.73 Å². The summed E-state index contributed by atoms with van der Waals surface area (Å²) in [5, 5.41) is 11.5. The molecule has 0 aromatic carbocycles. The van der Waals surface area contributed by atoms with Crippen molar-refractivity contribution in [3.05, 3.63) is 0 Å². The predicted molar refractivity (Wildman–Crippen MR) is 90.0 cm³/mol. The summed E-state index contributed by atoms with van der Waals surface area (Å²) in [7, 11) is 0. The van der Waals surface area contributed by atoms with Crippen LogP contribution in [0.25, 0.3) is 0 Å². The van der Waals surface area contributed by atoms with Gasteiger partial charge in [0.2, 0.25) is 0 Å². The van der Waals surface area contributed by atoms with E-state index in [2.05, 4.69) is 27.7 Å². The molecule has 124 valence electrons. The number of rotatable bonds is 4. The van der Waals surface area contributed by atoms with Crippen LogP contribution in [-0.4, -0.2) is 17.3 Å². The van der Waals surface area contributed by atoms with Crippen molar-refractivity contribution in [2.45, 2.75) is 84.7 Å². The summed E-state index contributed by atoms with van der Waals surface area (Å²) in [5.41, 5.74) is 5.73. The van der Waals surface area contributed by atoms with Gasteiger partial charge in [0.05, 0.1) is 5.60 Å². The molecule has 21 heavy (non-hydrogen) atoms. The van der Waals surface area contributed by atoms with Crippen molar-refractivity contribution >= 4 is 0 Å². The SMILES string of the molecule is CC(C)C1CCC(CN)(C2(O)CCCC(C(C)C)C2)CC1. The summed E-state index contributed by atoms with van der Waals surface area (Å²) < 4.78 is 0. The van der Waals surface area contributed by atoms with Crippen molar-refractivity contribution in [1.29, 1.82) is 0 Å². The zero-order chi connectivity index (χ0) is 15.7. The molecule has 0 bridgehead atoms. The Kier molecular flexibility index (Phi) is 5.41. The summed E-state index contributed by atoms with van der Waals surface area (Å²) in [4.78, 5) is 0. The Bertz CT molecular complexity index is 330. The molecule has 2 aliphatic rings. The van der Waals surface area contributed by atoms with Crippen LogP contribution in [0.4, 0.5) is 0 Å². The van der Waals surface area contributed by atoms with Crippen molar-refractivity contribution in [2.75, 3.05) is 6.54 Å². The van der Waals surface area contributed by atoms with E-state index in [0.29, 0.717) is 18.4 Å². The van der Waals surface area contributed by atoms with Crippen molar-refractivity contribution in [1.82, 2.24) is 0 Å². The normalized spacial score (nSPS) is 41.7. The summed E-state index contributed by atoms with van der Waals surface area (Å²) in [6.07, 6.45) is 9.19. The van der Waals surface area contributed by atoms with E-state index in [1.807, 2.05) is 0 Å². The minimum Gasteiger partial charge on any atom is -0.389 e. The van der Waals surface area contributed by atoms with Gasteiger partial charge >= 0.3 is 0 Å². The Morgan fingerprint density at radius 3 is 2.00 bits per heavy atom. The molecule has 2 aliphatic carbocycles. The lowest BCUT2D eigenvalue weighted by Crippen LogP contribution is -2.56. The first-order chi connectivity index (χ1) is 9.83. The van der Waals surface area contributed by atoms with E-state index in [1.165, 1.54) is 25.7 Å². The van der Waals surface area contributed by atoms with Crippen LogP contribution in [0.2, 0.25) is 0 Å². The highest BCUT2D eigenvalue weighted by molar-refractivity contribution is 5.04. The second-order valence-electron chi connectivity index (χ2n) is 8.70. The lowest BCUT2D eigenvalue weighted by atomic mass is 9.54. The first-order valence-electron chi connectivity index (χ1n) is 9.26. The first kappa shape index (κ1) is 17.3. The second kappa shape index (κ2) is 6.58. The van der Waals surface area contributed by atoms with Gasteiger partial charge in [-0.05, 0) is 68.6 Å². The molecule has 0 amide bonds. The molecule has 0 aliphatic heterocycles. The van der Waals surface area contributed by atoms with Crippen molar-refractivity contribution in [3.63, 3.8) is 0 Å². The van der Waals surface area contributed by atoms with Crippen molar-refractivity contribution < 1.29 is 5.11 Å². The van der Waals surface area contributed by atoms with Crippen LogP contribution in [-0.2, 0) is 0 Å². The molecule has 0 saturated heterocycles. The molecule has 2 heteroatoms. The highest BCUT2D eigenvalue weighted by Gasteiger charge is 2.52. The van der Waals surface area contributed by atoms with Gasteiger partial charge in [0.25, 0.3) is 0 Å². The van der Waals surface area contributed by atoms with E-state index in [1.54, 1.807) is 0 Å². The van der Waals surface area contributed by atoms with Gasteiger partial charge < -0.3 is 10.8 Å². The van der Waals surface area contributed by atoms with Crippen LogP contribution < -0.4 is 5.73 Å². The fourth-order valence-electron chi connectivity index (χ4n) is 5.06. The standard InChI is InChI=1S/C19H37NO/c1-14(2)16-7-10-18(13-20,11-8-16)19(21)9-5-6-17(12-19)15(3)4/h14-17,21H,5-13,20H2,1-4H3. The summed E-state index contributed by atoms with van der Waals surface area (Å²) >= 11 is 0. The summed E-state index contributed by atoms with van der Waals surface area (Å²) in [6.45, 7) is 9.95. The molecule has 2 unspecified atom stereocenters. The zero-order valence-corrected chi connectivity index (χ0v) is 14.7. The van der Waals surface area contributed by atoms with Gasteiger partial charge in [0.1, 0.15) is 0 Å². The smallest absolute Gasteiger partial charge is 0.0718 e. The lowest BCUT2D eigenvalue weighted by molar-refractivity contribution is -0.142. The average Bonchev–Trinajstić information content (AvgIpc) is 2.47. The van der Waals surface area contributed by atoms with Crippen LogP contribution in [0.1, 0.15) is 79.1 Å². The van der Waals surface area contributed by atoms with E-state index < -0.39 is 5.60 Å².